The highest BCUT2D eigenvalue weighted by Gasteiger charge is 2.26. The lowest BCUT2D eigenvalue weighted by atomic mass is 10.2. The van der Waals surface area contributed by atoms with Gasteiger partial charge in [-0.15, -0.1) is 0 Å². The molecule has 1 saturated heterocycles. The van der Waals surface area contributed by atoms with Crippen LogP contribution in [0.1, 0.15) is 21.8 Å². The van der Waals surface area contributed by atoms with Crippen LogP contribution in [0.15, 0.2) is 34.9 Å². The Hall–Kier alpha value is -2.30. The first kappa shape index (κ1) is 13.7. The number of amides is 1. The summed E-state index contributed by atoms with van der Waals surface area (Å²) in [5, 5.41) is 3.89. The number of para-hydroxylation sites is 1. The van der Waals surface area contributed by atoms with Gasteiger partial charge in [0.15, 0.2) is 5.69 Å². The van der Waals surface area contributed by atoms with Crippen molar-refractivity contribution in [2.24, 2.45) is 0 Å². The first-order chi connectivity index (χ1) is 10.2. The molecule has 1 aromatic carbocycles. The molecule has 0 saturated carbocycles. The molecule has 0 atom stereocenters. The molecule has 1 aliphatic heterocycles. The average Bonchev–Trinajstić information content (AvgIpc) is 2.87. The highest BCUT2D eigenvalue weighted by Crippen LogP contribution is 2.18. The summed E-state index contributed by atoms with van der Waals surface area (Å²) in [5.74, 6) is 0.679. The largest absolute Gasteiger partial charge is 0.368 e. The van der Waals surface area contributed by atoms with Crippen molar-refractivity contribution in [2.75, 3.05) is 31.1 Å². The maximum atomic E-state index is 12.5. The molecule has 0 aliphatic carbocycles. The lowest BCUT2D eigenvalue weighted by molar-refractivity contribution is 0.0735. The molecular formula is C16H19N3O2. The molecule has 1 fully saturated rings. The molecule has 0 spiro atoms. The monoisotopic (exact) mass is 285 g/mol. The minimum atomic E-state index is -0.0305. The quantitative estimate of drug-likeness (QED) is 0.849. The first-order valence-corrected chi connectivity index (χ1v) is 7.19. The fraction of sp³-hybridized carbons (Fsp3) is 0.375. The molecule has 5 nitrogen and oxygen atoms in total. The molecule has 110 valence electrons. The van der Waals surface area contributed by atoms with E-state index in [1.165, 1.54) is 5.69 Å². The van der Waals surface area contributed by atoms with E-state index in [1.807, 2.05) is 36.9 Å². The summed E-state index contributed by atoms with van der Waals surface area (Å²) in [6.45, 7) is 6.79. The molecule has 2 heterocycles. The molecule has 21 heavy (non-hydrogen) atoms. The van der Waals surface area contributed by atoms with Crippen LogP contribution in [-0.2, 0) is 0 Å². The number of piperazine rings is 1. The van der Waals surface area contributed by atoms with Gasteiger partial charge in [-0.1, -0.05) is 23.4 Å². The van der Waals surface area contributed by atoms with Gasteiger partial charge in [0.05, 0.1) is 0 Å². The normalized spacial score (nSPS) is 15.3. The van der Waals surface area contributed by atoms with E-state index in [2.05, 4.69) is 22.2 Å². The van der Waals surface area contributed by atoms with Gasteiger partial charge in [-0.2, -0.15) is 0 Å². The molecule has 0 N–H and O–H groups in total. The molecule has 5 heteroatoms. The van der Waals surface area contributed by atoms with Crippen LogP contribution in [0.4, 0.5) is 5.69 Å². The van der Waals surface area contributed by atoms with Gasteiger partial charge in [0.1, 0.15) is 5.76 Å². The second kappa shape index (κ2) is 5.60. The minimum Gasteiger partial charge on any atom is -0.368 e. The molecule has 2 aromatic rings. The van der Waals surface area contributed by atoms with E-state index in [0.717, 1.165) is 18.7 Å². The summed E-state index contributed by atoms with van der Waals surface area (Å²) in [4.78, 5) is 16.6. The lowest BCUT2D eigenvalue weighted by Crippen LogP contribution is -2.49. The molecule has 1 aliphatic rings. The van der Waals surface area contributed by atoms with Crippen molar-refractivity contribution in [1.82, 2.24) is 10.1 Å². The Kier molecular flexibility index (Phi) is 3.64. The number of carbonyl (C=O) groups excluding carboxylic acids is 1. The Morgan fingerprint density at radius 1 is 1.10 bits per heavy atom. The molecule has 0 bridgehead atoms. The van der Waals surface area contributed by atoms with Gasteiger partial charge in [-0.05, 0) is 26.0 Å². The molecule has 1 amide bonds. The Bertz CT molecular complexity index is 628. The SMILES string of the molecule is Cc1onc(C(=O)N2CCN(c3ccccc3)CC2)c1C. The Balaban J connectivity index is 1.66. The van der Waals surface area contributed by atoms with Crippen molar-refractivity contribution < 1.29 is 9.32 Å². The molecular weight excluding hydrogens is 266 g/mol. The molecule has 1 aromatic heterocycles. The van der Waals surface area contributed by atoms with E-state index in [-0.39, 0.29) is 5.91 Å². The maximum Gasteiger partial charge on any atom is 0.276 e. The number of benzene rings is 1. The highest BCUT2D eigenvalue weighted by molar-refractivity contribution is 5.93. The standard InChI is InChI=1S/C16H19N3O2/c1-12-13(2)21-17-15(12)16(20)19-10-8-18(9-11-19)14-6-4-3-5-7-14/h3-7H,8-11H2,1-2H3. The topological polar surface area (TPSA) is 49.6 Å². The van der Waals surface area contributed by atoms with Gasteiger partial charge in [-0.25, -0.2) is 0 Å². The number of nitrogens with zero attached hydrogens (tertiary/aromatic N) is 3. The number of aryl methyl sites for hydroxylation is 1. The molecule has 0 unspecified atom stereocenters. The second-order valence-electron chi connectivity index (χ2n) is 5.33. The number of anilines is 1. The summed E-state index contributed by atoms with van der Waals surface area (Å²) >= 11 is 0. The van der Waals surface area contributed by atoms with Crippen molar-refractivity contribution in [1.29, 1.82) is 0 Å². The molecule has 0 radical (unpaired) electrons. The van der Waals surface area contributed by atoms with Crippen LogP contribution in [0.2, 0.25) is 0 Å². The van der Waals surface area contributed by atoms with Crippen LogP contribution in [0.25, 0.3) is 0 Å². The third-order valence-electron chi connectivity index (χ3n) is 4.05. The maximum absolute atomic E-state index is 12.5. The van der Waals surface area contributed by atoms with Crippen molar-refractivity contribution in [3.63, 3.8) is 0 Å². The summed E-state index contributed by atoms with van der Waals surface area (Å²) in [6, 6.07) is 10.3. The number of carbonyl (C=O) groups is 1. The van der Waals surface area contributed by atoms with Crippen LogP contribution in [-0.4, -0.2) is 42.1 Å². The second-order valence-corrected chi connectivity index (χ2v) is 5.33. The van der Waals surface area contributed by atoms with E-state index in [4.69, 9.17) is 4.52 Å². The average molecular weight is 285 g/mol. The zero-order chi connectivity index (χ0) is 14.8. The van der Waals surface area contributed by atoms with Crippen LogP contribution >= 0.6 is 0 Å². The van der Waals surface area contributed by atoms with E-state index < -0.39 is 0 Å². The third-order valence-corrected chi connectivity index (χ3v) is 4.05. The predicted molar refractivity (Wildman–Crippen MR) is 80.5 cm³/mol. The van der Waals surface area contributed by atoms with Gasteiger partial charge >= 0.3 is 0 Å². The number of hydrogen-bond acceptors (Lipinski definition) is 4. The Morgan fingerprint density at radius 2 is 1.76 bits per heavy atom. The van der Waals surface area contributed by atoms with E-state index >= 15 is 0 Å². The summed E-state index contributed by atoms with van der Waals surface area (Å²) < 4.78 is 5.09. The third kappa shape index (κ3) is 2.63. The predicted octanol–water partition coefficient (Wildman–Crippen LogP) is 2.25. The van der Waals surface area contributed by atoms with Gasteiger partial charge in [0, 0.05) is 37.4 Å². The fourth-order valence-corrected chi connectivity index (χ4v) is 2.57. The fourth-order valence-electron chi connectivity index (χ4n) is 2.57. The van der Waals surface area contributed by atoms with E-state index in [9.17, 15) is 4.79 Å². The lowest BCUT2D eigenvalue weighted by Gasteiger charge is -2.35. The van der Waals surface area contributed by atoms with Crippen molar-refractivity contribution in [3.8, 4) is 0 Å². The number of rotatable bonds is 2. The van der Waals surface area contributed by atoms with Gasteiger partial charge < -0.3 is 14.3 Å². The van der Waals surface area contributed by atoms with Crippen molar-refractivity contribution in [2.45, 2.75) is 13.8 Å². The highest BCUT2D eigenvalue weighted by atomic mass is 16.5. The summed E-state index contributed by atoms with van der Waals surface area (Å²) in [6.07, 6.45) is 0. The van der Waals surface area contributed by atoms with Crippen LogP contribution in [0.5, 0.6) is 0 Å². The summed E-state index contributed by atoms with van der Waals surface area (Å²) in [7, 11) is 0. The smallest absolute Gasteiger partial charge is 0.276 e. The van der Waals surface area contributed by atoms with Crippen LogP contribution < -0.4 is 4.90 Å². The van der Waals surface area contributed by atoms with E-state index in [0.29, 0.717) is 24.5 Å². The Labute approximate surface area is 124 Å². The van der Waals surface area contributed by atoms with Crippen molar-refractivity contribution in [3.05, 3.63) is 47.3 Å². The van der Waals surface area contributed by atoms with Crippen LogP contribution in [0, 0.1) is 13.8 Å². The van der Waals surface area contributed by atoms with Crippen molar-refractivity contribution >= 4 is 11.6 Å². The Morgan fingerprint density at radius 3 is 2.33 bits per heavy atom. The van der Waals surface area contributed by atoms with Gasteiger partial charge in [0.25, 0.3) is 5.91 Å². The van der Waals surface area contributed by atoms with E-state index in [1.54, 1.807) is 0 Å². The number of aromatic nitrogens is 1. The number of hydrogen-bond donors (Lipinski definition) is 0. The molecule has 3 rings (SSSR count). The first-order valence-electron chi connectivity index (χ1n) is 7.19. The van der Waals surface area contributed by atoms with Gasteiger partial charge in [-0.3, -0.25) is 4.79 Å². The summed E-state index contributed by atoms with van der Waals surface area (Å²) in [5.41, 5.74) is 2.49. The van der Waals surface area contributed by atoms with Crippen LogP contribution in [0.3, 0.4) is 0 Å². The van der Waals surface area contributed by atoms with Gasteiger partial charge in [0.2, 0.25) is 0 Å². The zero-order valence-corrected chi connectivity index (χ0v) is 12.4. The zero-order valence-electron chi connectivity index (χ0n) is 12.4. The minimum absolute atomic E-state index is 0.0305.